The number of fused-ring (bicyclic) bond motifs is 3. The van der Waals surface area contributed by atoms with E-state index in [1.807, 2.05) is 0 Å². The lowest BCUT2D eigenvalue weighted by Gasteiger charge is -2.26. The van der Waals surface area contributed by atoms with Crippen molar-refractivity contribution in [2.75, 3.05) is 18.5 Å². The van der Waals surface area contributed by atoms with Crippen LogP contribution in [0.2, 0.25) is 0 Å². The van der Waals surface area contributed by atoms with Crippen molar-refractivity contribution in [3.8, 4) is 16.9 Å². The molecule has 2 aliphatic rings. The van der Waals surface area contributed by atoms with E-state index >= 15 is 0 Å². The van der Waals surface area contributed by atoms with Crippen LogP contribution in [0, 0.1) is 12.7 Å². The molecule has 0 atom stereocenters. The normalized spacial score (nSPS) is 14.5. The number of aromatic nitrogens is 4. The third kappa shape index (κ3) is 3.62. The number of alkyl halides is 2. The summed E-state index contributed by atoms with van der Waals surface area (Å²) in [6.45, 7) is 1.72. The van der Waals surface area contributed by atoms with Crippen LogP contribution in [0.15, 0.2) is 36.9 Å². The molecule has 1 N–H and O–H groups in total. The average molecular weight is 494 g/mol. The van der Waals surface area contributed by atoms with Gasteiger partial charge in [-0.05, 0) is 30.7 Å². The van der Waals surface area contributed by atoms with Crippen LogP contribution in [0.3, 0.4) is 0 Å². The highest BCUT2D eigenvalue weighted by molar-refractivity contribution is 6.04. The Morgan fingerprint density at radius 2 is 2.00 bits per heavy atom. The molecule has 6 rings (SSSR count). The largest absolute Gasteiger partial charge is 0.493 e. The average Bonchev–Trinajstić information content (AvgIpc) is 3.50. The molecule has 0 saturated carbocycles. The summed E-state index contributed by atoms with van der Waals surface area (Å²) in [6.07, 6.45) is 2.59. The topological polar surface area (TPSA) is 84.6 Å². The van der Waals surface area contributed by atoms with E-state index in [2.05, 4.69) is 20.3 Å². The fourth-order valence-corrected chi connectivity index (χ4v) is 4.90. The first kappa shape index (κ1) is 22.3. The van der Waals surface area contributed by atoms with Crippen molar-refractivity contribution >= 4 is 17.4 Å². The Bertz CT molecular complexity index is 1520. The number of imidazole rings is 1. The molecule has 0 unspecified atom stereocenters. The summed E-state index contributed by atoms with van der Waals surface area (Å²) < 4.78 is 48.5. The number of ether oxygens (including phenoxy) is 1. The lowest BCUT2D eigenvalue weighted by atomic mass is 9.98. The van der Waals surface area contributed by atoms with Crippen LogP contribution in [0.1, 0.15) is 32.9 Å². The molecule has 3 aromatic heterocycles. The SMILES string of the molecule is Cc1cc2c(cn1)-c1cnc(NCc3c(F)ccc4c3CCO4)n3cnc(c13)C(=O)N(CC(F)F)C2. The standard InChI is InChI=1S/C25H21F3N6O2/c1-13-6-14-10-33(11-21(27)28)24(35)22-23-18(16(14)7-29-13)9-31-25(34(23)12-32-22)30-8-17-15-4-5-36-20(15)3-2-19(17)26/h2-3,6-7,9,12,21H,4-5,8,10-11H2,1H3,(H,30,31). The van der Waals surface area contributed by atoms with E-state index in [4.69, 9.17) is 4.74 Å². The summed E-state index contributed by atoms with van der Waals surface area (Å²) >= 11 is 0. The molecule has 0 saturated heterocycles. The third-order valence-corrected chi connectivity index (χ3v) is 6.56. The fraction of sp³-hybridized carbons (Fsp3) is 0.280. The fourth-order valence-electron chi connectivity index (χ4n) is 4.90. The molecule has 0 bridgehead atoms. The molecular weight excluding hydrogens is 473 g/mol. The molecule has 4 aromatic rings. The lowest BCUT2D eigenvalue weighted by Crippen LogP contribution is -2.36. The first-order valence-electron chi connectivity index (χ1n) is 11.5. The lowest BCUT2D eigenvalue weighted by molar-refractivity contribution is 0.0532. The molecule has 0 fully saturated rings. The Morgan fingerprint density at radius 1 is 1.17 bits per heavy atom. The third-order valence-electron chi connectivity index (χ3n) is 6.56. The monoisotopic (exact) mass is 494 g/mol. The molecule has 36 heavy (non-hydrogen) atoms. The number of nitrogens with one attached hydrogen (secondary N) is 1. The van der Waals surface area contributed by atoms with Crippen LogP contribution in [0.5, 0.6) is 5.75 Å². The first-order chi connectivity index (χ1) is 17.4. The van der Waals surface area contributed by atoms with E-state index in [1.54, 1.807) is 35.9 Å². The van der Waals surface area contributed by atoms with Crippen LogP contribution in [-0.4, -0.2) is 49.7 Å². The molecule has 2 aliphatic heterocycles. The maximum Gasteiger partial charge on any atom is 0.275 e. The molecule has 0 spiro atoms. The van der Waals surface area contributed by atoms with E-state index < -0.39 is 18.9 Å². The molecular formula is C25H21F3N6O2. The van der Waals surface area contributed by atoms with Gasteiger partial charge in [-0.2, -0.15) is 0 Å². The predicted octanol–water partition coefficient (Wildman–Crippen LogP) is 4.01. The number of carbonyl (C=O) groups excluding carboxylic acids is 1. The number of nitrogens with zero attached hydrogens (tertiary/aromatic N) is 5. The van der Waals surface area contributed by atoms with Crippen molar-refractivity contribution in [3.63, 3.8) is 0 Å². The zero-order valence-electron chi connectivity index (χ0n) is 19.3. The number of anilines is 1. The van der Waals surface area contributed by atoms with Crippen LogP contribution in [-0.2, 0) is 19.5 Å². The zero-order valence-corrected chi connectivity index (χ0v) is 19.3. The van der Waals surface area contributed by atoms with Crippen molar-refractivity contribution in [2.24, 2.45) is 0 Å². The number of carbonyl (C=O) groups is 1. The van der Waals surface area contributed by atoms with Gasteiger partial charge in [-0.25, -0.2) is 23.1 Å². The number of benzene rings is 1. The maximum absolute atomic E-state index is 14.6. The Labute approximate surface area is 203 Å². The van der Waals surface area contributed by atoms with Crippen molar-refractivity contribution in [3.05, 3.63) is 70.8 Å². The first-order valence-corrected chi connectivity index (χ1v) is 11.5. The number of aryl methyl sites for hydroxylation is 1. The second-order valence-electron chi connectivity index (χ2n) is 8.82. The summed E-state index contributed by atoms with van der Waals surface area (Å²) in [5.41, 5.74) is 4.45. The summed E-state index contributed by atoms with van der Waals surface area (Å²) in [6, 6.07) is 4.78. The number of pyridine rings is 1. The van der Waals surface area contributed by atoms with E-state index in [0.29, 0.717) is 58.2 Å². The van der Waals surface area contributed by atoms with Crippen molar-refractivity contribution in [2.45, 2.75) is 32.9 Å². The van der Waals surface area contributed by atoms with Gasteiger partial charge in [-0.15, -0.1) is 0 Å². The highest BCUT2D eigenvalue weighted by Gasteiger charge is 2.30. The van der Waals surface area contributed by atoms with Crippen molar-refractivity contribution < 1.29 is 22.7 Å². The summed E-state index contributed by atoms with van der Waals surface area (Å²) in [5.74, 6) is 0.0468. The molecule has 184 valence electrons. The Balaban J connectivity index is 1.46. The summed E-state index contributed by atoms with van der Waals surface area (Å²) in [4.78, 5) is 27.6. The van der Waals surface area contributed by atoms with Crippen LogP contribution >= 0.6 is 0 Å². The van der Waals surface area contributed by atoms with Crippen LogP contribution < -0.4 is 10.1 Å². The Morgan fingerprint density at radius 3 is 2.83 bits per heavy atom. The molecule has 5 heterocycles. The van der Waals surface area contributed by atoms with E-state index in [9.17, 15) is 18.0 Å². The van der Waals surface area contributed by atoms with E-state index in [-0.39, 0.29) is 24.6 Å². The van der Waals surface area contributed by atoms with Gasteiger partial charge in [-0.1, -0.05) is 0 Å². The molecule has 0 radical (unpaired) electrons. The van der Waals surface area contributed by atoms with E-state index in [0.717, 1.165) is 10.5 Å². The highest BCUT2D eigenvalue weighted by Crippen LogP contribution is 2.35. The van der Waals surface area contributed by atoms with Gasteiger partial charge in [0.1, 0.15) is 17.9 Å². The molecule has 0 aliphatic carbocycles. The maximum atomic E-state index is 14.6. The van der Waals surface area contributed by atoms with Gasteiger partial charge in [0.2, 0.25) is 5.95 Å². The van der Waals surface area contributed by atoms with Gasteiger partial charge in [0, 0.05) is 59.9 Å². The van der Waals surface area contributed by atoms with Gasteiger partial charge < -0.3 is 15.0 Å². The number of rotatable bonds is 5. The molecule has 1 aromatic carbocycles. The Hall–Kier alpha value is -4.15. The smallest absolute Gasteiger partial charge is 0.275 e. The quantitative estimate of drug-likeness (QED) is 0.452. The van der Waals surface area contributed by atoms with Crippen LogP contribution in [0.25, 0.3) is 16.6 Å². The number of halogens is 3. The minimum atomic E-state index is -2.70. The zero-order chi connectivity index (χ0) is 25.0. The second-order valence-corrected chi connectivity index (χ2v) is 8.82. The Kier molecular flexibility index (Phi) is 5.27. The molecule has 8 nitrogen and oxygen atoms in total. The van der Waals surface area contributed by atoms with Gasteiger partial charge in [0.25, 0.3) is 12.3 Å². The van der Waals surface area contributed by atoms with Gasteiger partial charge >= 0.3 is 0 Å². The predicted molar refractivity (Wildman–Crippen MR) is 125 cm³/mol. The minimum Gasteiger partial charge on any atom is -0.493 e. The van der Waals surface area contributed by atoms with Crippen molar-refractivity contribution in [1.29, 1.82) is 0 Å². The minimum absolute atomic E-state index is 0.000787. The molecule has 11 heteroatoms. The summed E-state index contributed by atoms with van der Waals surface area (Å²) in [5, 5.41) is 3.15. The number of amides is 1. The summed E-state index contributed by atoms with van der Waals surface area (Å²) in [7, 11) is 0. The highest BCUT2D eigenvalue weighted by atomic mass is 19.3. The van der Waals surface area contributed by atoms with Crippen LogP contribution in [0.4, 0.5) is 19.1 Å². The number of hydrogen-bond acceptors (Lipinski definition) is 6. The van der Waals surface area contributed by atoms with Gasteiger partial charge in [-0.3, -0.25) is 14.2 Å². The number of hydrogen-bond donors (Lipinski definition) is 1. The molecule has 1 amide bonds. The second kappa shape index (κ2) is 8.51. The van der Waals surface area contributed by atoms with Gasteiger partial charge in [0.15, 0.2) is 5.69 Å². The van der Waals surface area contributed by atoms with Crippen molar-refractivity contribution in [1.82, 2.24) is 24.3 Å². The van der Waals surface area contributed by atoms with Gasteiger partial charge in [0.05, 0.1) is 18.7 Å². The van der Waals surface area contributed by atoms with E-state index in [1.165, 1.54) is 12.4 Å².